The Labute approximate surface area is 155 Å². The molecule has 0 spiro atoms. The van der Waals surface area contributed by atoms with Gasteiger partial charge in [0.15, 0.2) is 4.34 Å². The van der Waals surface area contributed by atoms with Gasteiger partial charge >= 0.3 is 0 Å². The van der Waals surface area contributed by atoms with Crippen LogP contribution in [0.25, 0.3) is 0 Å². The van der Waals surface area contributed by atoms with Crippen molar-refractivity contribution in [3.63, 3.8) is 0 Å². The third-order valence-electron chi connectivity index (χ3n) is 3.99. The highest BCUT2D eigenvalue weighted by Crippen LogP contribution is 2.28. The molecule has 1 aliphatic rings. The molecule has 3 rings (SSSR count). The summed E-state index contributed by atoms with van der Waals surface area (Å²) in [6, 6.07) is 6.26. The van der Waals surface area contributed by atoms with Crippen LogP contribution in [0.3, 0.4) is 0 Å². The largest absolute Gasteiger partial charge is 0.491 e. The number of aliphatic hydroxyl groups is 1. The Kier molecular flexibility index (Phi) is 6.89. The van der Waals surface area contributed by atoms with Gasteiger partial charge in [-0.3, -0.25) is 0 Å². The van der Waals surface area contributed by atoms with Crippen LogP contribution < -0.4 is 10.1 Å². The van der Waals surface area contributed by atoms with Crippen LogP contribution >= 0.6 is 23.1 Å². The Hall–Kier alpha value is -1.38. The molecule has 136 valence electrons. The molecule has 1 saturated carbocycles. The number of halogens is 1. The number of nitrogens with zero attached hydrogens (tertiary/aromatic N) is 2. The molecule has 1 heterocycles. The molecule has 0 saturated heterocycles. The van der Waals surface area contributed by atoms with Crippen LogP contribution in [0.5, 0.6) is 5.75 Å². The summed E-state index contributed by atoms with van der Waals surface area (Å²) in [6.45, 7) is 0.157. The molecular formula is C17H22FN3O2S2. The number of aliphatic hydroxyl groups excluding tert-OH is 1. The maximum Gasteiger partial charge on any atom is 0.206 e. The fourth-order valence-corrected chi connectivity index (χ4v) is 4.45. The summed E-state index contributed by atoms with van der Waals surface area (Å²) in [7, 11) is 0. The average Bonchev–Trinajstić information content (AvgIpc) is 3.08. The second-order valence-electron chi connectivity index (χ2n) is 6.08. The van der Waals surface area contributed by atoms with Gasteiger partial charge in [0.2, 0.25) is 5.13 Å². The van der Waals surface area contributed by atoms with Crippen LogP contribution in [0.1, 0.15) is 32.1 Å². The van der Waals surface area contributed by atoms with E-state index in [9.17, 15) is 9.50 Å². The van der Waals surface area contributed by atoms with Crippen molar-refractivity contribution in [2.24, 2.45) is 0 Å². The zero-order chi connectivity index (χ0) is 17.5. The van der Waals surface area contributed by atoms with Crippen LogP contribution in [-0.2, 0) is 0 Å². The van der Waals surface area contributed by atoms with Crippen molar-refractivity contribution in [3.05, 3.63) is 30.1 Å². The molecule has 1 aromatic heterocycles. The first kappa shape index (κ1) is 18.4. The quantitative estimate of drug-likeness (QED) is 0.673. The van der Waals surface area contributed by atoms with E-state index >= 15 is 0 Å². The molecule has 1 aliphatic carbocycles. The standard InChI is InChI=1S/C17H22FN3O2S2/c18-12-6-8-15(9-7-12)23-10-14(22)11-24-17-21-20-16(25-17)19-13-4-2-1-3-5-13/h6-9,13-14,22H,1-5,10-11H2,(H,19,20). The summed E-state index contributed by atoms with van der Waals surface area (Å²) in [6.07, 6.45) is 5.64. The highest BCUT2D eigenvalue weighted by Gasteiger charge is 2.16. The minimum absolute atomic E-state index is 0.157. The lowest BCUT2D eigenvalue weighted by Gasteiger charge is -2.21. The van der Waals surface area contributed by atoms with Gasteiger partial charge in [0.25, 0.3) is 0 Å². The van der Waals surface area contributed by atoms with Gasteiger partial charge in [-0.1, -0.05) is 42.4 Å². The maximum atomic E-state index is 12.8. The van der Waals surface area contributed by atoms with Gasteiger partial charge in [0.1, 0.15) is 18.2 Å². The molecule has 0 aliphatic heterocycles. The van der Waals surface area contributed by atoms with Gasteiger partial charge in [-0.15, -0.1) is 10.2 Å². The van der Waals surface area contributed by atoms with Gasteiger partial charge in [-0.05, 0) is 37.1 Å². The lowest BCUT2D eigenvalue weighted by atomic mass is 9.96. The van der Waals surface area contributed by atoms with Gasteiger partial charge in [-0.2, -0.15) is 0 Å². The minimum Gasteiger partial charge on any atom is -0.491 e. The predicted molar refractivity (Wildman–Crippen MR) is 99.0 cm³/mol. The molecule has 0 radical (unpaired) electrons. The summed E-state index contributed by atoms with van der Waals surface area (Å²) in [5, 5.41) is 22.7. The first-order chi connectivity index (χ1) is 12.2. The van der Waals surface area contributed by atoms with Gasteiger partial charge in [-0.25, -0.2) is 4.39 Å². The fourth-order valence-electron chi connectivity index (χ4n) is 2.69. The number of hydrogen-bond donors (Lipinski definition) is 2. The highest BCUT2D eigenvalue weighted by molar-refractivity contribution is 8.01. The van der Waals surface area contributed by atoms with E-state index < -0.39 is 6.10 Å². The van der Waals surface area contributed by atoms with E-state index in [2.05, 4.69) is 15.5 Å². The SMILES string of the molecule is OC(COc1ccc(F)cc1)CSc1nnc(NC2CCCCC2)s1. The van der Waals surface area contributed by atoms with Crippen LogP contribution in [0.15, 0.2) is 28.6 Å². The molecule has 25 heavy (non-hydrogen) atoms. The molecule has 1 atom stereocenters. The molecule has 0 amide bonds. The average molecular weight is 384 g/mol. The van der Waals surface area contributed by atoms with Crippen molar-refractivity contribution in [1.29, 1.82) is 0 Å². The summed E-state index contributed by atoms with van der Waals surface area (Å²) in [4.78, 5) is 0. The maximum absolute atomic E-state index is 12.8. The number of hydrogen-bond acceptors (Lipinski definition) is 7. The van der Waals surface area contributed by atoms with Crippen LogP contribution in [0.4, 0.5) is 9.52 Å². The Bertz CT molecular complexity index is 648. The smallest absolute Gasteiger partial charge is 0.206 e. The monoisotopic (exact) mass is 383 g/mol. The second kappa shape index (κ2) is 9.35. The second-order valence-corrected chi connectivity index (χ2v) is 8.33. The molecule has 2 N–H and O–H groups in total. The number of ether oxygens (including phenoxy) is 1. The van der Waals surface area contributed by atoms with Crippen molar-refractivity contribution in [2.45, 2.75) is 48.6 Å². The first-order valence-electron chi connectivity index (χ1n) is 8.48. The van der Waals surface area contributed by atoms with Crippen molar-refractivity contribution in [3.8, 4) is 5.75 Å². The van der Waals surface area contributed by atoms with Crippen LogP contribution in [0, 0.1) is 5.82 Å². The number of benzene rings is 1. The van der Waals surface area contributed by atoms with Crippen molar-refractivity contribution < 1.29 is 14.2 Å². The van der Waals surface area contributed by atoms with E-state index in [0.29, 0.717) is 17.5 Å². The van der Waals surface area contributed by atoms with Crippen LogP contribution in [-0.4, -0.2) is 39.8 Å². The van der Waals surface area contributed by atoms with Crippen molar-refractivity contribution in [2.75, 3.05) is 17.7 Å². The van der Waals surface area contributed by atoms with E-state index in [1.54, 1.807) is 12.1 Å². The number of aromatic nitrogens is 2. The summed E-state index contributed by atoms with van der Waals surface area (Å²) in [5.74, 6) is 0.705. The zero-order valence-corrected chi connectivity index (χ0v) is 15.5. The van der Waals surface area contributed by atoms with E-state index in [0.717, 1.165) is 9.47 Å². The van der Waals surface area contributed by atoms with E-state index in [-0.39, 0.29) is 12.4 Å². The van der Waals surface area contributed by atoms with Gasteiger partial charge in [0.05, 0.1) is 6.10 Å². The Morgan fingerprint density at radius 2 is 2.00 bits per heavy atom. The fraction of sp³-hybridized carbons (Fsp3) is 0.529. The number of nitrogens with one attached hydrogen (secondary N) is 1. The first-order valence-corrected chi connectivity index (χ1v) is 10.3. The third kappa shape index (κ3) is 6.13. The number of thioether (sulfide) groups is 1. The zero-order valence-electron chi connectivity index (χ0n) is 13.9. The molecule has 1 aromatic carbocycles. The van der Waals surface area contributed by atoms with E-state index in [1.165, 1.54) is 67.3 Å². The highest BCUT2D eigenvalue weighted by atomic mass is 32.2. The lowest BCUT2D eigenvalue weighted by molar-refractivity contribution is 0.126. The molecular weight excluding hydrogens is 361 g/mol. The molecule has 8 heteroatoms. The van der Waals surface area contributed by atoms with Gasteiger partial charge < -0.3 is 15.2 Å². The van der Waals surface area contributed by atoms with Crippen molar-refractivity contribution >= 4 is 28.2 Å². The van der Waals surface area contributed by atoms with Gasteiger partial charge in [0, 0.05) is 11.8 Å². The number of rotatable bonds is 8. The van der Waals surface area contributed by atoms with E-state index in [4.69, 9.17) is 4.74 Å². The van der Waals surface area contributed by atoms with Crippen LogP contribution in [0.2, 0.25) is 0 Å². The predicted octanol–water partition coefficient (Wildman–Crippen LogP) is 3.95. The molecule has 0 bridgehead atoms. The summed E-state index contributed by atoms with van der Waals surface area (Å²) < 4.78 is 19.1. The summed E-state index contributed by atoms with van der Waals surface area (Å²) in [5.41, 5.74) is 0. The normalized spacial score (nSPS) is 16.6. The Morgan fingerprint density at radius 1 is 1.24 bits per heavy atom. The molecule has 2 aromatic rings. The summed E-state index contributed by atoms with van der Waals surface area (Å²) >= 11 is 2.98. The Morgan fingerprint density at radius 3 is 2.76 bits per heavy atom. The molecule has 1 unspecified atom stereocenters. The lowest BCUT2D eigenvalue weighted by Crippen LogP contribution is -2.21. The molecule has 5 nitrogen and oxygen atoms in total. The Balaban J connectivity index is 1.38. The number of anilines is 1. The third-order valence-corrected chi connectivity index (χ3v) is 6.13. The molecule has 1 fully saturated rings. The van der Waals surface area contributed by atoms with E-state index in [1.807, 2.05) is 0 Å². The van der Waals surface area contributed by atoms with Crippen molar-refractivity contribution in [1.82, 2.24) is 10.2 Å². The topological polar surface area (TPSA) is 67.3 Å². The minimum atomic E-state index is -0.631.